The van der Waals surface area contributed by atoms with Crippen LogP contribution in [0, 0.1) is 0 Å². The minimum absolute atomic E-state index is 0.213. The van der Waals surface area contributed by atoms with E-state index < -0.39 is 5.97 Å². The van der Waals surface area contributed by atoms with Crippen LogP contribution < -0.4 is 0 Å². The van der Waals surface area contributed by atoms with Gasteiger partial charge in [0.2, 0.25) is 0 Å². The van der Waals surface area contributed by atoms with Gasteiger partial charge in [-0.05, 0) is 5.56 Å². The van der Waals surface area contributed by atoms with Gasteiger partial charge in [-0.15, -0.1) is 0 Å². The first kappa shape index (κ1) is 8.46. The van der Waals surface area contributed by atoms with Crippen LogP contribution >= 0.6 is 0 Å². The second-order valence-electron chi connectivity index (χ2n) is 2.37. The fourth-order valence-corrected chi connectivity index (χ4v) is 0.966. The van der Waals surface area contributed by atoms with E-state index in [1.54, 1.807) is 24.3 Å². The van der Waals surface area contributed by atoms with Crippen LogP contribution in [0.4, 0.5) is 0 Å². The van der Waals surface area contributed by atoms with Gasteiger partial charge in [0.15, 0.2) is 0 Å². The Kier molecular flexibility index (Phi) is 2.58. The van der Waals surface area contributed by atoms with Gasteiger partial charge in [-0.1, -0.05) is 24.3 Å². The summed E-state index contributed by atoms with van der Waals surface area (Å²) >= 11 is 0. The van der Waals surface area contributed by atoms with Crippen molar-refractivity contribution in [2.45, 2.75) is 6.42 Å². The zero-order chi connectivity index (χ0) is 8.97. The van der Waals surface area contributed by atoms with E-state index in [4.69, 9.17) is 0 Å². The third-order valence-corrected chi connectivity index (χ3v) is 1.52. The molecule has 0 unspecified atom stereocenters. The molecule has 0 amide bonds. The molecule has 12 heavy (non-hydrogen) atoms. The summed E-state index contributed by atoms with van der Waals surface area (Å²) in [5, 5.41) is 10.2. The van der Waals surface area contributed by atoms with Gasteiger partial charge in [0.25, 0.3) is 0 Å². The highest BCUT2D eigenvalue weighted by atomic mass is 16.4. The zero-order valence-electron chi connectivity index (χ0n) is 6.32. The van der Waals surface area contributed by atoms with E-state index in [0.717, 1.165) is 0 Å². The number of aldehydes is 1. The average Bonchev–Trinajstić information content (AvgIpc) is 2.04. The second kappa shape index (κ2) is 3.67. The molecule has 0 aliphatic rings. The Labute approximate surface area is 69.6 Å². The van der Waals surface area contributed by atoms with Crippen molar-refractivity contribution in [3.05, 3.63) is 35.4 Å². The highest BCUT2D eigenvalue weighted by molar-refractivity contribution is 5.80. The molecule has 1 aromatic carbocycles. The summed E-state index contributed by atoms with van der Waals surface area (Å²) in [6.45, 7) is 0. The first-order valence-electron chi connectivity index (χ1n) is 3.47. The monoisotopic (exact) mass is 163 g/mol. The molecule has 0 aliphatic heterocycles. The summed E-state index contributed by atoms with van der Waals surface area (Å²) < 4.78 is 0. The van der Waals surface area contributed by atoms with Gasteiger partial charge in [-0.25, -0.2) is 9.90 Å². The van der Waals surface area contributed by atoms with Crippen molar-refractivity contribution in [2.24, 2.45) is 0 Å². The van der Waals surface area contributed by atoms with Crippen LogP contribution in [0.3, 0.4) is 0 Å². The lowest BCUT2D eigenvalue weighted by Gasteiger charge is -1.97. The summed E-state index contributed by atoms with van der Waals surface area (Å²) in [5.74, 6) is -1.18. The fourth-order valence-electron chi connectivity index (χ4n) is 0.966. The van der Waals surface area contributed by atoms with E-state index in [0.29, 0.717) is 17.4 Å². The Balaban J connectivity index is 2.96. The summed E-state index contributed by atoms with van der Waals surface area (Å²) in [4.78, 5) is 20.6. The van der Waals surface area contributed by atoms with E-state index in [-0.39, 0.29) is 6.42 Å². The predicted octanol–water partition coefficient (Wildman–Crippen LogP) is 0.999. The number of carbonyl (C=O) groups is 2. The molecule has 0 saturated carbocycles. The van der Waals surface area contributed by atoms with E-state index >= 15 is 0 Å². The van der Waals surface area contributed by atoms with E-state index in [1.165, 1.54) is 0 Å². The lowest BCUT2D eigenvalue weighted by atomic mass is 10.1. The van der Waals surface area contributed by atoms with Crippen LogP contribution in [-0.4, -0.2) is 12.3 Å². The molecular weight excluding hydrogens is 156 g/mol. The summed E-state index contributed by atoms with van der Waals surface area (Å²) in [5.41, 5.74) is 0.897. The van der Waals surface area contributed by atoms with E-state index in [1.807, 2.05) is 0 Å². The number of benzene rings is 1. The number of hydrogen-bond acceptors (Lipinski definition) is 2. The molecule has 3 heteroatoms. The van der Waals surface area contributed by atoms with Crippen LogP contribution in [0.2, 0.25) is 0 Å². The molecule has 1 aromatic rings. The molecule has 0 aliphatic carbocycles. The molecule has 0 fully saturated rings. The molecule has 0 atom stereocenters. The maximum atomic E-state index is 10.4. The summed E-state index contributed by atoms with van der Waals surface area (Å²) in [7, 11) is 0. The van der Waals surface area contributed by atoms with Crippen molar-refractivity contribution in [3.8, 4) is 0 Å². The Morgan fingerprint density at radius 2 is 2.00 bits per heavy atom. The minimum Gasteiger partial charge on any atom is -0.298 e. The van der Waals surface area contributed by atoms with Gasteiger partial charge >= 0.3 is 5.97 Å². The molecule has 3 nitrogen and oxygen atoms in total. The van der Waals surface area contributed by atoms with Crippen molar-refractivity contribution >= 4 is 12.3 Å². The number of carbonyl (C=O) groups excluding carboxylic acids is 2. The summed E-state index contributed by atoms with van der Waals surface area (Å²) in [6, 6.07) is 6.54. The van der Waals surface area contributed by atoms with Gasteiger partial charge < -0.3 is 0 Å². The Morgan fingerprint density at radius 1 is 1.33 bits per heavy atom. The standard InChI is InChI=1S/C9H7O3/c10-6-8-4-2-1-3-7(8)5-9(11)12/h1-4,6H,5H2. The van der Waals surface area contributed by atoms with Crippen molar-refractivity contribution in [1.82, 2.24) is 0 Å². The smallest absolute Gasteiger partial charge is 0.298 e. The minimum atomic E-state index is -1.18. The van der Waals surface area contributed by atoms with Crippen LogP contribution in [-0.2, 0) is 16.3 Å². The van der Waals surface area contributed by atoms with Crippen LogP contribution in [0.25, 0.3) is 0 Å². The third kappa shape index (κ3) is 1.92. The van der Waals surface area contributed by atoms with Gasteiger partial charge in [0.1, 0.15) is 6.29 Å². The van der Waals surface area contributed by atoms with Crippen molar-refractivity contribution in [2.75, 3.05) is 0 Å². The van der Waals surface area contributed by atoms with E-state index in [9.17, 15) is 14.7 Å². The molecule has 61 valence electrons. The largest absolute Gasteiger partial charge is 0.359 e. The quantitative estimate of drug-likeness (QED) is 0.624. The van der Waals surface area contributed by atoms with Crippen molar-refractivity contribution in [1.29, 1.82) is 0 Å². The van der Waals surface area contributed by atoms with Gasteiger partial charge in [-0.3, -0.25) is 4.79 Å². The average molecular weight is 163 g/mol. The Bertz CT molecular complexity index is 304. The fraction of sp³-hybridized carbons (Fsp3) is 0.111. The van der Waals surface area contributed by atoms with Gasteiger partial charge in [0.05, 0.1) is 6.42 Å². The highest BCUT2D eigenvalue weighted by Crippen LogP contribution is 2.06. The molecule has 0 bridgehead atoms. The first-order valence-corrected chi connectivity index (χ1v) is 3.47. The molecule has 0 spiro atoms. The first-order chi connectivity index (χ1) is 5.74. The normalized spacial score (nSPS) is 9.33. The topological polar surface area (TPSA) is 54.0 Å². The Hall–Kier alpha value is -1.64. The summed E-state index contributed by atoms with van der Waals surface area (Å²) in [6.07, 6.45) is 0.424. The second-order valence-corrected chi connectivity index (χ2v) is 2.37. The molecule has 0 N–H and O–H groups in total. The lowest BCUT2D eigenvalue weighted by Crippen LogP contribution is -2.01. The molecule has 0 aromatic heterocycles. The Morgan fingerprint density at radius 3 is 2.58 bits per heavy atom. The molecule has 1 radical (unpaired) electrons. The van der Waals surface area contributed by atoms with Gasteiger partial charge in [-0.2, -0.15) is 0 Å². The van der Waals surface area contributed by atoms with E-state index in [2.05, 4.69) is 0 Å². The van der Waals surface area contributed by atoms with Gasteiger partial charge in [0, 0.05) is 5.56 Å². The van der Waals surface area contributed by atoms with Crippen molar-refractivity contribution in [3.63, 3.8) is 0 Å². The molecule has 0 saturated heterocycles. The predicted molar refractivity (Wildman–Crippen MR) is 41.2 cm³/mol. The number of hydrogen-bond donors (Lipinski definition) is 0. The van der Waals surface area contributed by atoms with Crippen LogP contribution in [0.5, 0.6) is 0 Å². The molecule has 1 rings (SSSR count). The van der Waals surface area contributed by atoms with Crippen molar-refractivity contribution < 1.29 is 14.7 Å². The molecule has 0 heterocycles. The SMILES string of the molecule is [O]C(=O)Cc1ccccc1C=O. The maximum Gasteiger partial charge on any atom is 0.359 e. The third-order valence-electron chi connectivity index (χ3n) is 1.52. The van der Waals surface area contributed by atoms with Crippen LogP contribution in [0.15, 0.2) is 24.3 Å². The highest BCUT2D eigenvalue weighted by Gasteiger charge is 2.05. The lowest BCUT2D eigenvalue weighted by molar-refractivity contribution is -0.142. The number of rotatable bonds is 3. The maximum absolute atomic E-state index is 10.4. The molecular formula is C9H7O3. The van der Waals surface area contributed by atoms with Crippen LogP contribution in [0.1, 0.15) is 15.9 Å². The zero-order valence-corrected chi connectivity index (χ0v) is 6.32.